The summed E-state index contributed by atoms with van der Waals surface area (Å²) in [5, 5.41) is 0. The van der Waals surface area contributed by atoms with Crippen molar-refractivity contribution in [1.29, 1.82) is 0 Å². The van der Waals surface area contributed by atoms with Gasteiger partial charge in [-0.05, 0) is 0 Å². The Hall–Kier alpha value is 0.620. The van der Waals surface area contributed by atoms with Gasteiger partial charge in [0.1, 0.15) is 0 Å². The van der Waals surface area contributed by atoms with Gasteiger partial charge in [0.05, 0.1) is 0 Å². The van der Waals surface area contributed by atoms with Crippen LogP contribution in [0.1, 0.15) is 0 Å². The summed E-state index contributed by atoms with van der Waals surface area (Å²) in [6.07, 6.45) is 0. The molecule has 0 aliphatic carbocycles. The molecular weight excluding hydrogens is 229 g/mol. The smallest absolute Gasteiger partial charge is 2.00 e. The average molecular weight is 229 g/mol. The third kappa shape index (κ3) is 17.9. The molecule has 0 atom stereocenters. The van der Waals surface area contributed by atoms with Crippen molar-refractivity contribution in [2.45, 2.75) is 0 Å². The van der Waals surface area contributed by atoms with Gasteiger partial charge in [0.15, 0.2) is 0 Å². The predicted octanol–water partition coefficient (Wildman–Crippen LogP) is -0.359. The Balaban J connectivity index is 0. The maximum atomic E-state index is 0. The molecule has 0 amide bonds. The van der Waals surface area contributed by atoms with Crippen molar-refractivity contribution in [3.63, 3.8) is 0 Å². The molecule has 0 fully saturated rings. The Labute approximate surface area is 39.4 Å². The Bertz CT molecular complexity index is 3.25. The van der Waals surface area contributed by atoms with E-state index in [4.69, 9.17) is 0 Å². The molecule has 4 heteroatoms. The van der Waals surface area contributed by atoms with Gasteiger partial charge < -0.3 is 16.4 Å². The van der Waals surface area contributed by atoms with Gasteiger partial charge in [0.2, 0.25) is 0 Å². The molecular formula is O3Ta. The van der Waals surface area contributed by atoms with Crippen LogP contribution in [-0.2, 0) is 38.8 Å². The molecule has 0 saturated carbocycles. The van der Waals surface area contributed by atoms with Gasteiger partial charge in [0.25, 0.3) is 0 Å². The van der Waals surface area contributed by atoms with Crippen LogP contribution in [0.4, 0.5) is 0 Å². The molecule has 0 heterocycles. The molecule has 0 saturated heterocycles. The van der Waals surface area contributed by atoms with Crippen LogP contribution in [0.15, 0.2) is 0 Å². The van der Waals surface area contributed by atoms with Crippen molar-refractivity contribution >= 4 is 0 Å². The number of hydrogen-bond acceptors (Lipinski definition) is 0. The van der Waals surface area contributed by atoms with Crippen LogP contribution in [0.3, 0.4) is 0 Å². The second kappa shape index (κ2) is 64.6. The minimum atomic E-state index is 0. The molecule has 0 radical (unpaired) electrons. The van der Waals surface area contributed by atoms with Gasteiger partial charge in [-0.25, -0.2) is 0 Å². The summed E-state index contributed by atoms with van der Waals surface area (Å²) < 4.78 is 0. The standard InChI is InChI=1S/3O.Ta/q3*-2;+6. The third-order valence-electron chi connectivity index (χ3n) is 0. The average Bonchev–Trinajstić information content (AvgIpc) is 0. The summed E-state index contributed by atoms with van der Waals surface area (Å²) in [4.78, 5) is 0. The van der Waals surface area contributed by atoms with E-state index >= 15 is 0 Å². The molecule has 0 unspecified atom stereocenters. The van der Waals surface area contributed by atoms with Gasteiger partial charge in [0, 0.05) is 0 Å². The first-order chi connectivity index (χ1) is 0. The predicted molar refractivity (Wildman–Crippen MR) is 2.06 cm³/mol. The zero-order valence-electron chi connectivity index (χ0n) is 1.67. The van der Waals surface area contributed by atoms with Gasteiger partial charge >= 0.3 is 22.4 Å². The van der Waals surface area contributed by atoms with Crippen LogP contribution < -0.4 is 0 Å². The van der Waals surface area contributed by atoms with Crippen molar-refractivity contribution in [2.75, 3.05) is 0 Å². The van der Waals surface area contributed by atoms with Crippen molar-refractivity contribution in [2.24, 2.45) is 0 Å². The monoisotopic (exact) mass is 229 g/mol. The summed E-state index contributed by atoms with van der Waals surface area (Å²) in [5.41, 5.74) is 0. The summed E-state index contributed by atoms with van der Waals surface area (Å²) in [7, 11) is 0. The summed E-state index contributed by atoms with van der Waals surface area (Å²) in [5.74, 6) is 0. The zero-order valence-corrected chi connectivity index (χ0v) is 4.89. The normalized spacial score (nSPS) is 0. The molecule has 23 valence electrons. The minimum Gasteiger partial charge on any atom is -2.00 e. The van der Waals surface area contributed by atoms with Crippen molar-refractivity contribution in [3.8, 4) is 0 Å². The Kier molecular flexibility index (Phi) is 2540. The largest absolute Gasteiger partial charge is 6.00 e. The summed E-state index contributed by atoms with van der Waals surface area (Å²) >= 11 is 0. The molecule has 3 nitrogen and oxygen atoms in total. The van der Waals surface area contributed by atoms with E-state index in [1.165, 1.54) is 0 Å². The zero-order chi connectivity index (χ0) is 0. The van der Waals surface area contributed by atoms with Crippen LogP contribution in [-0.4, -0.2) is 0 Å². The fourth-order valence-corrected chi connectivity index (χ4v) is 0. The Morgan fingerprint density at radius 2 is 0.500 bits per heavy atom. The Morgan fingerprint density at radius 3 is 0.500 bits per heavy atom. The van der Waals surface area contributed by atoms with Crippen molar-refractivity contribution < 1.29 is 38.8 Å². The van der Waals surface area contributed by atoms with Gasteiger partial charge in [-0.1, -0.05) is 0 Å². The fourth-order valence-electron chi connectivity index (χ4n) is 0. The van der Waals surface area contributed by atoms with E-state index in [9.17, 15) is 0 Å². The van der Waals surface area contributed by atoms with Gasteiger partial charge in [-0.3, -0.25) is 0 Å². The summed E-state index contributed by atoms with van der Waals surface area (Å²) in [6.45, 7) is 0. The van der Waals surface area contributed by atoms with E-state index < -0.39 is 0 Å². The van der Waals surface area contributed by atoms with E-state index in [2.05, 4.69) is 0 Å². The van der Waals surface area contributed by atoms with Gasteiger partial charge in [-0.15, -0.1) is 0 Å². The van der Waals surface area contributed by atoms with E-state index in [-0.39, 0.29) is 38.8 Å². The van der Waals surface area contributed by atoms with E-state index in [0.29, 0.717) is 0 Å². The maximum absolute atomic E-state index is 0. The number of rotatable bonds is 0. The first-order valence-corrected chi connectivity index (χ1v) is 0. The molecule has 0 aromatic rings. The van der Waals surface area contributed by atoms with Gasteiger partial charge in [-0.2, -0.15) is 0 Å². The molecule has 0 N–H and O–H groups in total. The maximum Gasteiger partial charge on any atom is 6.00 e. The van der Waals surface area contributed by atoms with Crippen LogP contribution in [0.5, 0.6) is 0 Å². The topological polar surface area (TPSA) is 85.5 Å². The third-order valence-corrected chi connectivity index (χ3v) is 0. The van der Waals surface area contributed by atoms with Crippen molar-refractivity contribution in [3.05, 3.63) is 0 Å². The van der Waals surface area contributed by atoms with E-state index in [0.717, 1.165) is 0 Å². The summed E-state index contributed by atoms with van der Waals surface area (Å²) in [6, 6.07) is 0. The van der Waals surface area contributed by atoms with Crippen LogP contribution >= 0.6 is 0 Å². The molecule has 0 rings (SSSR count). The van der Waals surface area contributed by atoms with E-state index in [1.54, 1.807) is 0 Å². The Morgan fingerprint density at radius 1 is 0.500 bits per heavy atom. The molecule has 0 aliphatic heterocycles. The van der Waals surface area contributed by atoms with E-state index in [1.807, 2.05) is 0 Å². The molecule has 0 aromatic heterocycles. The molecule has 0 aromatic carbocycles. The molecule has 4 heavy (non-hydrogen) atoms. The fraction of sp³-hybridized carbons (Fsp3) is 0. The van der Waals surface area contributed by atoms with Crippen LogP contribution in [0.25, 0.3) is 0 Å². The van der Waals surface area contributed by atoms with Crippen LogP contribution in [0, 0.1) is 0 Å². The van der Waals surface area contributed by atoms with Crippen molar-refractivity contribution in [1.82, 2.24) is 0 Å². The second-order valence-corrected chi connectivity index (χ2v) is 0. The molecule has 0 aliphatic rings. The SMILES string of the molecule is [O-2].[O-2].[O-2].[Ta+6]. The molecule has 0 bridgehead atoms. The molecule has 0 spiro atoms. The van der Waals surface area contributed by atoms with Crippen LogP contribution in [0.2, 0.25) is 0 Å². The first kappa shape index (κ1) is 157. The first-order valence-electron chi connectivity index (χ1n) is 0. The minimum absolute atomic E-state index is 0. The second-order valence-electron chi connectivity index (χ2n) is 0. The number of hydrogen-bond donors (Lipinski definition) is 0. The quantitative estimate of drug-likeness (QED) is 0.543.